The molecular weight excluding hydrogens is 376 g/mol. The second-order valence-electron chi connectivity index (χ2n) is 6.50. The van der Waals surface area contributed by atoms with E-state index < -0.39 is 39.0 Å². The second kappa shape index (κ2) is 6.68. The Balaban J connectivity index is 2.08. The molecule has 1 fully saturated rings. The van der Waals surface area contributed by atoms with Gasteiger partial charge in [0.2, 0.25) is 0 Å². The van der Waals surface area contributed by atoms with Gasteiger partial charge in [0, 0.05) is 10.9 Å². The summed E-state index contributed by atoms with van der Waals surface area (Å²) < 4.78 is 26.1. The van der Waals surface area contributed by atoms with Crippen LogP contribution in [0.15, 0.2) is 53.4 Å². The van der Waals surface area contributed by atoms with Crippen LogP contribution in [0.3, 0.4) is 0 Å². The van der Waals surface area contributed by atoms with E-state index in [1.807, 2.05) is 19.1 Å². The molecule has 0 aliphatic heterocycles. The van der Waals surface area contributed by atoms with Crippen LogP contribution < -0.4 is 0 Å². The van der Waals surface area contributed by atoms with E-state index in [-0.39, 0.29) is 4.90 Å². The van der Waals surface area contributed by atoms with Crippen molar-refractivity contribution in [3.05, 3.63) is 64.7 Å². The summed E-state index contributed by atoms with van der Waals surface area (Å²) in [5.41, 5.74) is -0.0794. The lowest BCUT2D eigenvalue weighted by molar-refractivity contribution is -0.145. The summed E-state index contributed by atoms with van der Waals surface area (Å²) in [6, 6.07) is 12.8. The molecule has 7 heteroatoms. The third-order valence-corrected chi connectivity index (χ3v) is 7.68. The molecule has 3 atom stereocenters. The van der Waals surface area contributed by atoms with E-state index >= 15 is 0 Å². The lowest BCUT2D eigenvalue weighted by Crippen LogP contribution is -2.27. The molecule has 26 heavy (non-hydrogen) atoms. The Kier molecular flexibility index (Phi) is 4.86. The third-order valence-electron chi connectivity index (χ3n) is 5.14. The topological polar surface area (TPSA) is 91.7 Å². The zero-order valence-corrected chi connectivity index (χ0v) is 15.7. The molecule has 2 aromatic rings. The molecule has 0 saturated heterocycles. The van der Waals surface area contributed by atoms with Crippen molar-refractivity contribution in [2.24, 2.45) is 5.41 Å². The van der Waals surface area contributed by atoms with Crippen LogP contribution >= 0.6 is 11.6 Å². The monoisotopic (exact) mass is 394 g/mol. The summed E-state index contributed by atoms with van der Waals surface area (Å²) in [5.74, 6) is -2.12. The molecule has 2 aromatic carbocycles. The van der Waals surface area contributed by atoms with Gasteiger partial charge in [0.05, 0.1) is 16.8 Å². The quantitative estimate of drug-likeness (QED) is 0.786. The Morgan fingerprint density at radius 3 is 2.15 bits per heavy atom. The molecule has 0 radical (unpaired) electrons. The van der Waals surface area contributed by atoms with Gasteiger partial charge in [-0.05, 0) is 41.8 Å². The molecule has 1 saturated carbocycles. The highest BCUT2D eigenvalue weighted by Crippen LogP contribution is 2.64. The fraction of sp³-hybridized carbons (Fsp3) is 0.316. The average Bonchev–Trinajstić information content (AvgIpc) is 3.34. The van der Waals surface area contributed by atoms with E-state index in [0.717, 1.165) is 12.0 Å². The van der Waals surface area contributed by atoms with Gasteiger partial charge >= 0.3 is 5.97 Å². The number of hydrogen-bond donors (Lipinski definition) is 2. The first-order valence-corrected chi connectivity index (χ1v) is 10.1. The Bertz CT molecular complexity index is 921. The maximum Gasteiger partial charge on any atom is 0.314 e. The van der Waals surface area contributed by atoms with Gasteiger partial charge in [0.1, 0.15) is 5.41 Å². The number of aliphatic hydroxyl groups excluding tert-OH is 1. The number of carboxylic acid groups (broad SMARTS) is 1. The summed E-state index contributed by atoms with van der Waals surface area (Å²) in [5, 5.41) is 18.7. The Hall–Kier alpha value is -1.89. The van der Waals surface area contributed by atoms with Crippen molar-refractivity contribution in [2.75, 3.05) is 6.61 Å². The average molecular weight is 395 g/mol. The molecule has 0 spiro atoms. The van der Waals surface area contributed by atoms with Gasteiger partial charge in [-0.1, -0.05) is 42.8 Å². The molecule has 0 amide bonds. The zero-order valence-electron chi connectivity index (χ0n) is 14.1. The maximum atomic E-state index is 13.1. The minimum atomic E-state index is -3.96. The first-order chi connectivity index (χ1) is 12.3. The maximum absolute atomic E-state index is 13.1. The van der Waals surface area contributed by atoms with E-state index in [2.05, 4.69) is 0 Å². The van der Waals surface area contributed by atoms with Crippen molar-refractivity contribution in [3.63, 3.8) is 0 Å². The van der Waals surface area contributed by atoms with Crippen LogP contribution in [-0.2, 0) is 21.1 Å². The number of aryl methyl sites for hydroxylation is 1. The van der Waals surface area contributed by atoms with Gasteiger partial charge in [0.25, 0.3) is 0 Å². The van der Waals surface area contributed by atoms with Gasteiger partial charge in [-0.15, -0.1) is 0 Å². The molecule has 0 heterocycles. The third kappa shape index (κ3) is 2.82. The Morgan fingerprint density at radius 2 is 1.69 bits per heavy atom. The zero-order chi connectivity index (χ0) is 19.1. The molecule has 5 nitrogen and oxygen atoms in total. The number of sulfone groups is 1. The van der Waals surface area contributed by atoms with Crippen LogP contribution in [-0.4, -0.2) is 36.5 Å². The summed E-state index contributed by atoms with van der Waals surface area (Å²) in [6.07, 6.45) is 0.821. The number of hydrogen-bond acceptors (Lipinski definition) is 4. The number of aliphatic hydroxyl groups is 1. The molecule has 3 rings (SSSR count). The number of aliphatic carboxylic acids is 1. The van der Waals surface area contributed by atoms with Crippen molar-refractivity contribution in [1.82, 2.24) is 0 Å². The number of carbonyl (C=O) groups is 1. The predicted octanol–water partition coefficient (Wildman–Crippen LogP) is 2.91. The first-order valence-electron chi connectivity index (χ1n) is 8.21. The van der Waals surface area contributed by atoms with Crippen molar-refractivity contribution in [2.45, 2.75) is 29.4 Å². The second-order valence-corrected chi connectivity index (χ2v) is 9.00. The van der Waals surface area contributed by atoms with Gasteiger partial charge in [0.15, 0.2) is 9.84 Å². The predicted molar refractivity (Wildman–Crippen MR) is 98.1 cm³/mol. The molecule has 2 N–H and O–H groups in total. The van der Waals surface area contributed by atoms with Crippen molar-refractivity contribution in [3.8, 4) is 0 Å². The summed E-state index contributed by atoms with van der Waals surface area (Å²) in [6.45, 7) is 1.25. The molecule has 3 unspecified atom stereocenters. The van der Waals surface area contributed by atoms with E-state index in [1.165, 1.54) is 24.3 Å². The Morgan fingerprint density at radius 1 is 1.12 bits per heavy atom. The van der Waals surface area contributed by atoms with Crippen LogP contribution in [0.25, 0.3) is 0 Å². The molecule has 138 valence electrons. The molecule has 1 aliphatic carbocycles. The van der Waals surface area contributed by atoms with Crippen LogP contribution in [0.1, 0.15) is 24.0 Å². The van der Waals surface area contributed by atoms with Gasteiger partial charge in [-0.2, -0.15) is 0 Å². The fourth-order valence-corrected chi connectivity index (χ4v) is 6.07. The molecule has 1 aliphatic rings. The summed E-state index contributed by atoms with van der Waals surface area (Å²) >= 11 is 5.81. The van der Waals surface area contributed by atoms with Gasteiger partial charge in [-0.25, -0.2) is 8.42 Å². The summed E-state index contributed by atoms with van der Waals surface area (Å²) in [4.78, 5) is 11.9. The van der Waals surface area contributed by atoms with Gasteiger partial charge in [-0.3, -0.25) is 4.79 Å². The number of carboxylic acids is 1. The van der Waals surface area contributed by atoms with Crippen LogP contribution in [0.4, 0.5) is 0 Å². The van der Waals surface area contributed by atoms with Gasteiger partial charge < -0.3 is 10.2 Å². The van der Waals surface area contributed by atoms with Crippen LogP contribution in [0, 0.1) is 5.41 Å². The number of benzene rings is 2. The van der Waals surface area contributed by atoms with Crippen molar-refractivity contribution in [1.29, 1.82) is 0 Å². The Labute approximate surface area is 157 Å². The minimum absolute atomic E-state index is 0.00125. The van der Waals surface area contributed by atoms with E-state index in [9.17, 15) is 23.4 Å². The fourth-order valence-electron chi connectivity index (χ4n) is 3.58. The largest absolute Gasteiger partial charge is 0.481 e. The summed E-state index contributed by atoms with van der Waals surface area (Å²) in [7, 11) is -3.96. The lowest BCUT2D eigenvalue weighted by Gasteiger charge is -2.09. The molecule has 0 bridgehead atoms. The lowest BCUT2D eigenvalue weighted by atomic mass is 9.99. The first kappa shape index (κ1) is 18.9. The minimum Gasteiger partial charge on any atom is -0.481 e. The number of halogens is 1. The van der Waals surface area contributed by atoms with E-state index in [4.69, 9.17) is 11.6 Å². The molecule has 0 aromatic heterocycles. The van der Waals surface area contributed by atoms with E-state index in [0.29, 0.717) is 10.6 Å². The SMILES string of the molecule is CCc1ccc(C2C(S(=O)(=O)c3ccc(Cl)cc3)C2(CO)C(=O)O)cc1. The standard InChI is InChI=1S/C19H19ClO5S/c1-2-12-3-5-13(6-4-12)16-17(19(16,11-21)18(22)23)26(24,25)15-9-7-14(20)8-10-15/h3-10,16-17,21H,2,11H2,1H3,(H,22,23). The highest BCUT2D eigenvalue weighted by molar-refractivity contribution is 7.92. The van der Waals surface area contributed by atoms with Crippen LogP contribution in [0.2, 0.25) is 5.02 Å². The highest BCUT2D eigenvalue weighted by atomic mass is 35.5. The molecular formula is C19H19ClO5S. The van der Waals surface area contributed by atoms with Crippen molar-refractivity contribution >= 4 is 27.4 Å². The highest BCUT2D eigenvalue weighted by Gasteiger charge is 2.75. The van der Waals surface area contributed by atoms with E-state index in [1.54, 1.807) is 12.1 Å². The van der Waals surface area contributed by atoms with Crippen LogP contribution in [0.5, 0.6) is 0 Å². The normalized spacial score (nSPS) is 25.0. The number of rotatable bonds is 6. The van der Waals surface area contributed by atoms with Crippen molar-refractivity contribution < 1.29 is 23.4 Å². The smallest absolute Gasteiger partial charge is 0.314 e.